The minimum atomic E-state index is -0.839. The van der Waals surface area contributed by atoms with E-state index in [1.807, 2.05) is 5.32 Å². The topological polar surface area (TPSA) is 75.7 Å². The fourth-order valence-electron chi connectivity index (χ4n) is 1.58. The molecule has 2 rings (SSSR count). The molecule has 76 valence electrons. The number of urea groups is 1. The van der Waals surface area contributed by atoms with E-state index in [0.717, 1.165) is 11.3 Å². The van der Waals surface area contributed by atoms with Gasteiger partial charge in [0, 0.05) is 19.1 Å². The normalized spacial score (nSPS) is 27.3. The quantitative estimate of drug-likeness (QED) is 0.461. The van der Waals surface area contributed by atoms with E-state index < -0.39 is 17.8 Å². The number of rotatable bonds is 2. The minimum absolute atomic E-state index is 0.163. The Kier molecular flexibility index (Phi) is 2.20. The van der Waals surface area contributed by atoms with Crippen molar-refractivity contribution >= 4 is 17.8 Å². The van der Waals surface area contributed by atoms with Crippen LogP contribution in [0.15, 0.2) is 0 Å². The maximum atomic E-state index is 11.2. The first kappa shape index (κ1) is 9.14. The molecule has 0 aromatic rings. The fourth-order valence-corrected chi connectivity index (χ4v) is 1.58. The number of imide groups is 2. The summed E-state index contributed by atoms with van der Waals surface area (Å²) in [4.78, 5) is 34.0. The van der Waals surface area contributed by atoms with Gasteiger partial charge in [-0.15, -0.1) is 0 Å². The Labute approximate surface area is 80.2 Å². The molecule has 2 aliphatic heterocycles. The summed E-state index contributed by atoms with van der Waals surface area (Å²) in [5, 5.41) is 1.95. The second-order valence-electron chi connectivity index (χ2n) is 3.40. The molecule has 1 N–H and O–H groups in total. The molecule has 2 aliphatic rings. The van der Waals surface area contributed by atoms with Crippen LogP contribution in [0.5, 0.6) is 0 Å². The van der Waals surface area contributed by atoms with Gasteiger partial charge in [-0.1, -0.05) is 0 Å². The predicted octanol–water partition coefficient (Wildman–Crippen LogP) is -0.899. The minimum Gasteiger partial charge on any atom is -0.381 e. The number of amides is 4. The molecular weight excluding hydrogens is 188 g/mol. The van der Waals surface area contributed by atoms with Crippen molar-refractivity contribution in [1.29, 1.82) is 0 Å². The number of nitrogens with zero attached hydrogens (tertiary/aromatic N) is 1. The van der Waals surface area contributed by atoms with Crippen molar-refractivity contribution in [2.75, 3.05) is 19.8 Å². The Morgan fingerprint density at radius 1 is 1.43 bits per heavy atom. The molecule has 2 saturated heterocycles. The van der Waals surface area contributed by atoms with Crippen LogP contribution < -0.4 is 5.32 Å². The zero-order valence-electron chi connectivity index (χ0n) is 7.49. The molecule has 4 amide bonds. The van der Waals surface area contributed by atoms with Crippen LogP contribution in [0.2, 0.25) is 0 Å². The fraction of sp³-hybridized carbons (Fsp3) is 0.625. The standard InChI is InChI=1S/C8H10N2O4/c11-6-7(12)10(8(13)9-6)3-5-1-2-14-4-5/h5H,1-4H2,(H,9,11,13). The molecule has 0 spiro atoms. The van der Waals surface area contributed by atoms with E-state index in [4.69, 9.17) is 4.74 Å². The van der Waals surface area contributed by atoms with Gasteiger partial charge in [0.15, 0.2) is 0 Å². The lowest BCUT2D eigenvalue weighted by atomic mass is 10.1. The summed E-state index contributed by atoms with van der Waals surface area (Å²) in [5.74, 6) is -1.44. The smallest absolute Gasteiger partial charge is 0.331 e. The monoisotopic (exact) mass is 198 g/mol. The van der Waals surface area contributed by atoms with Gasteiger partial charge >= 0.3 is 17.8 Å². The van der Waals surface area contributed by atoms with Crippen molar-refractivity contribution in [2.24, 2.45) is 5.92 Å². The second kappa shape index (κ2) is 3.38. The largest absolute Gasteiger partial charge is 0.381 e. The first-order valence-corrected chi connectivity index (χ1v) is 4.43. The third-order valence-corrected chi connectivity index (χ3v) is 2.37. The molecule has 2 heterocycles. The van der Waals surface area contributed by atoms with Crippen molar-refractivity contribution in [3.05, 3.63) is 0 Å². The molecule has 1 atom stereocenters. The predicted molar refractivity (Wildman–Crippen MR) is 44.2 cm³/mol. The zero-order chi connectivity index (χ0) is 10.1. The van der Waals surface area contributed by atoms with E-state index in [2.05, 4.69) is 0 Å². The maximum absolute atomic E-state index is 11.2. The average molecular weight is 198 g/mol. The van der Waals surface area contributed by atoms with Crippen LogP contribution in [0.25, 0.3) is 0 Å². The lowest BCUT2D eigenvalue weighted by Gasteiger charge is -2.14. The molecule has 6 heteroatoms. The Balaban J connectivity index is 1.99. The summed E-state index contributed by atoms with van der Waals surface area (Å²) in [6.07, 6.45) is 0.825. The molecule has 2 fully saturated rings. The van der Waals surface area contributed by atoms with E-state index >= 15 is 0 Å². The number of carbonyl (C=O) groups is 3. The SMILES string of the molecule is O=C1NC(=O)N(CC2CCOC2)C1=O. The summed E-state index contributed by atoms with van der Waals surface area (Å²) < 4.78 is 5.11. The van der Waals surface area contributed by atoms with Gasteiger partial charge in [-0.2, -0.15) is 0 Å². The number of carbonyl (C=O) groups excluding carboxylic acids is 3. The lowest BCUT2D eigenvalue weighted by Crippen LogP contribution is -2.35. The number of ether oxygens (including phenoxy) is 1. The number of nitrogens with one attached hydrogen (secondary N) is 1. The molecule has 6 nitrogen and oxygen atoms in total. The molecule has 0 aliphatic carbocycles. The second-order valence-corrected chi connectivity index (χ2v) is 3.40. The lowest BCUT2D eigenvalue weighted by molar-refractivity contribution is -0.140. The van der Waals surface area contributed by atoms with Crippen LogP contribution in [0, 0.1) is 5.92 Å². The molecule has 1 unspecified atom stereocenters. The molecule has 0 bridgehead atoms. The van der Waals surface area contributed by atoms with Gasteiger partial charge < -0.3 is 4.74 Å². The third kappa shape index (κ3) is 1.48. The number of hydrogen-bond donors (Lipinski definition) is 1. The molecular formula is C8H10N2O4. The first-order valence-electron chi connectivity index (χ1n) is 4.43. The zero-order valence-corrected chi connectivity index (χ0v) is 7.49. The molecule has 0 aromatic carbocycles. The molecule has 0 saturated carbocycles. The average Bonchev–Trinajstić information content (AvgIpc) is 2.71. The summed E-state index contributed by atoms with van der Waals surface area (Å²) >= 11 is 0. The summed E-state index contributed by atoms with van der Waals surface area (Å²) in [5.41, 5.74) is 0. The van der Waals surface area contributed by atoms with Gasteiger partial charge in [0.2, 0.25) is 0 Å². The summed E-state index contributed by atoms with van der Waals surface area (Å²) in [6, 6.07) is -0.619. The highest BCUT2D eigenvalue weighted by Crippen LogP contribution is 2.15. The van der Waals surface area contributed by atoms with Crippen molar-refractivity contribution in [3.8, 4) is 0 Å². The van der Waals surface area contributed by atoms with Crippen molar-refractivity contribution in [1.82, 2.24) is 10.2 Å². The van der Waals surface area contributed by atoms with Gasteiger partial charge in [0.05, 0.1) is 6.61 Å². The van der Waals surface area contributed by atoms with Crippen molar-refractivity contribution in [3.63, 3.8) is 0 Å². The Bertz CT molecular complexity index is 296. The van der Waals surface area contributed by atoms with Crippen LogP contribution in [-0.2, 0) is 14.3 Å². The van der Waals surface area contributed by atoms with Crippen LogP contribution in [-0.4, -0.2) is 42.5 Å². The van der Waals surface area contributed by atoms with E-state index in [1.54, 1.807) is 0 Å². The van der Waals surface area contributed by atoms with E-state index in [1.165, 1.54) is 0 Å². The molecule has 0 aromatic heterocycles. The van der Waals surface area contributed by atoms with E-state index in [9.17, 15) is 14.4 Å². The summed E-state index contributed by atoms with van der Waals surface area (Å²) in [6.45, 7) is 1.48. The van der Waals surface area contributed by atoms with E-state index in [0.29, 0.717) is 13.2 Å². The first-order chi connectivity index (χ1) is 6.68. The van der Waals surface area contributed by atoms with Crippen LogP contribution in [0.3, 0.4) is 0 Å². The molecule has 0 radical (unpaired) electrons. The van der Waals surface area contributed by atoms with Gasteiger partial charge in [0.1, 0.15) is 0 Å². The summed E-state index contributed by atoms with van der Waals surface area (Å²) in [7, 11) is 0. The van der Waals surface area contributed by atoms with Crippen LogP contribution in [0.1, 0.15) is 6.42 Å². The van der Waals surface area contributed by atoms with Crippen LogP contribution in [0.4, 0.5) is 4.79 Å². The third-order valence-electron chi connectivity index (χ3n) is 2.37. The van der Waals surface area contributed by atoms with Gasteiger partial charge in [-0.05, 0) is 6.42 Å². The van der Waals surface area contributed by atoms with Crippen molar-refractivity contribution < 1.29 is 19.1 Å². The highest BCUT2D eigenvalue weighted by molar-refractivity contribution is 6.44. The Hall–Kier alpha value is -1.43. The van der Waals surface area contributed by atoms with Crippen LogP contribution >= 0.6 is 0 Å². The van der Waals surface area contributed by atoms with Gasteiger partial charge in [-0.3, -0.25) is 19.8 Å². The number of hydrogen-bond acceptors (Lipinski definition) is 4. The van der Waals surface area contributed by atoms with Crippen molar-refractivity contribution in [2.45, 2.75) is 6.42 Å². The van der Waals surface area contributed by atoms with E-state index in [-0.39, 0.29) is 12.5 Å². The molecule has 14 heavy (non-hydrogen) atoms. The van der Waals surface area contributed by atoms with Gasteiger partial charge in [0.25, 0.3) is 0 Å². The Morgan fingerprint density at radius 2 is 2.21 bits per heavy atom. The Morgan fingerprint density at radius 3 is 2.71 bits per heavy atom. The highest BCUT2D eigenvalue weighted by Gasteiger charge is 2.38. The maximum Gasteiger partial charge on any atom is 0.331 e. The van der Waals surface area contributed by atoms with Gasteiger partial charge in [-0.25, -0.2) is 4.79 Å². The highest BCUT2D eigenvalue weighted by atomic mass is 16.5.